The predicted octanol–water partition coefficient (Wildman–Crippen LogP) is 9.56. The molecular weight excluding hydrogens is 695 g/mol. The molecule has 0 aliphatic carbocycles. The number of carbonyl (C=O) groups is 3. The van der Waals surface area contributed by atoms with Crippen LogP contribution in [0.4, 0.5) is 5.82 Å². The van der Waals surface area contributed by atoms with Gasteiger partial charge in [0.25, 0.3) is 0 Å². The van der Waals surface area contributed by atoms with E-state index in [4.69, 9.17) is 18.9 Å². The number of esters is 3. The van der Waals surface area contributed by atoms with Gasteiger partial charge in [0.1, 0.15) is 23.1 Å². The molecule has 0 fully saturated rings. The van der Waals surface area contributed by atoms with Gasteiger partial charge in [-0.2, -0.15) is 5.10 Å². The van der Waals surface area contributed by atoms with Crippen molar-refractivity contribution in [3.05, 3.63) is 150 Å². The lowest BCUT2D eigenvalue weighted by Crippen LogP contribution is -2.11. The number of benzene rings is 5. The summed E-state index contributed by atoms with van der Waals surface area (Å²) in [6.45, 7) is 8.16. The smallest absolute Gasteiger partial charge is 0.343 e. The van der Waals surface area contributed by atoms with Crippen molar-refractivity contribution in [1.82, 2.24) is 4.98 Å². The van der Waals surface area contributed by atoms with Gasteiger partial charge in [-0.3, -0.25) is 5.43 Å². The summed E-state index contributed by atoms with van der Waals surface area (Å²) in [5.41, 5.74) is 6.97. The molecule has 55 heavy (non-hydrogen) atoms. The van der Waals surface area contributed by atoms with Gasteiger partial charge in [-0.05, 0) is 123 Å². The first-order valence-corrected chi connectivity index (χ1v) is 18.0. The largest absolute Gasteiger partial charge is 0.494 e. The molecule has 0 unspecified atom stereocenters. The number of ether oxygens (including phenoxy) is 4. The van der Waals surface area contributed by atoms with E-state index in [0.717, 1.165) is 59.2 Å². The van der Waals surface area contributed by atoms with Crippen LogP contribution >= 0.6 is 0 Å². The molecule has 0 atom stereocenters. The maximum absolute atomic E-state index is 13.4. The quantitative estimate of drug-likeness (QED) is 0.0258. The number of anilines is 1. The third-order valence-corrected chi connectivity index (χ3v) is 8.77. The Bertz CT molecular complexity index is 2370. The van der Waals surface area contributed by atoms with Gasteiger partial charge in [-0.15, -0.1) is 0 Å². The number of aryl methyl sites for hydroxylation is 2. The van der Waals surface area contributed by atoms with Crippen LogP contribution < -0.4 is 19.6 Å². The Hall–Kier alpha value is -6.81. The van der Waals surface area contributed by atoms with E-state index in [1.54, 1.807) is 66.9 Å². The predicted molar refractivity (Wildman–Crippen MR) is 214 cm³/mol. The molecule has 6 rings (SSSR count). The van der Waals surface area contributed by atoms with Crippen molar-refractivity contribution in [3.63, 3.8) is 0 Å². The third-order valence-electron chi connectivity index (χ3n) is 8.77. The van der Waals surface area contributed by atoms with Crippen LogP contribution in [0.1, 0.15) is 63.1 Å². The summed E-state index contributed by atoms with van der Waals surface area (Å²) >= 11 is 0. The van der Waals surface area contributed by atoms with Gasteiger partial charge >= 0.3 is 17.9 Å². The third kappa shape index (κ3) is 10.2. The molecule has 278 valence electrons. The lowest BCUT2D eigenvalue weighted by atomic mass is 10.0. The molecule has 10 heteroatoms. The Morgan fingerprint density at radius 1 is 0.727 bits per heavy atom. The highest BCUT2D eigenvalue weighted by Crippen LogP contribution is 2.30. The Labute approximate surface area is 319 Å². The molecule has 0 saturated heterocycles. The molecule has 1 heterocycles. The first kappa shape index (κ1) is 37.9. The molecule has 0 radical (unpaired) electrons. The van der Waals surface area contributed by atoms with Crippen molar-refractivity contribution in [2.24, 2.45) is 5.10 Å². The van der Waals surface area contributed by atoms with Gasteiger partial charge in [-0.1, -0.05) is 54.6 Å². The number of hydrogen-bond acceptors (Lipinski definition) is 10. The zero-order valence-electron chi connectivity index (χ0n) is 30.7. The summed E-state index contributed by atoms with van der Waals surface area (Å²) in [7, 11) is 0. The maximum Gasteiger partial charge on any atom is 0.343 e. The van der Waals surface area contributed by atoms with Crippen molar-refractivity contribution >= 4 is 51.6 Å². The van der Waals surface area contributed by atoms with Crippen molar-refractivity contribution in [3.8, 4) is 17.2 Å². The molecular formula is C45H41N3O7. The first-order valence-electron chi connectivity index (χ1n) is 18.0. The minimum absolute atomic E-state index is 0.278. The first-order chi connectivity index (χ1) is 26.8. The summed E-state index contributed by atoms with van der Waals surface area (Å²) < 4.78 is 22.5. The van der Waals surface area contributed by atoms with E-state index in [-0.39, 0.29) is 5.75 Å². The maximum atomic E-state index is 13.4. The van der Waals surface area contributed by atoms with Gasteiger partial charge < -0.3 is 18.9 Å². The molecule has 0 aliphatic rings. The normalized spacial score (nSPS) is 11.0. The van der Waals surface area contributed by atoms with Crippen molar-refractivity contribution in [2.75, 3.05) is 18.6 Å². The van der Waals surface area contributed by atoms with E-state index in [0.29, 0.717) is 52.6 Å². The monoisotopic (exact) mass is 735 g/mol. The van der Waals surface area contributed by atoms with Gasteiger partial charge in [0, 0.05) is 17.0 Å². The Morgan fingerprint density at radius 2 is 1.44 bits per heavy atom. The topological polar surface area (TPSA) is 125 Å². The van der Waals surface area contributed by atoms with E-state index in [1.165, 1.54) is 0 Å². The van der Waals surface area contributed by atoms with Crippen LogP contribution in [0.3, 0.4) is 0 Å². The summed E-state index contributed by atoms with van der Waals surface area (Å²) in [6, 6.07) is 32.6. The highest BCUT2D eigenvalue weighted by Gasteiger charge is 2.17. The molecule has 10 nitrogen and oxygen atoms in total. The fourth-order valence-corrected chi connectivity index (χ4v) is 5.87. The zero-order chi connectivity index (χ0) is 38.6. The summed E-state index contributed by atoms with van der Waals surface area (Å²) in [4.78, 5) is 42.3. The number of rotatable bonds is 16. The molecule has 5 aromatic carbocycles. The van der Waals surface area contributed by atoms with E-state index in [9.17, 15) is 14.4 Å². The van der Waals surface area contributed by atoms with Crippen LogP contribution in [-0.2, 0) is 9.53 Å². The van der Waals surface area contributed by atoms with Crippen LogP contribution in [0.2, 0.25) is 0 Å². The number of nitrogens with one attached hydrogen (secondary N) is 1. The number of carbonyl (C=O) groups excluding carboxylic acids is 3. The van der Waals surface area contributed by atoms with E-state index in [1.807, 2.05) is 62.4 Å². The SMILES string of the molecule is C=CC(=O)OCCCCCCOc1ccc(C(=O)Oc2ccc3cc(C(=O)Oc4ccc(C)cc4C)ccc3c2/C=N/Nc2ccc3ccccc3n2)cc1. The Kier molecular flexibility index (Phi) is 12.6. The number of nitrogens with zero attached hydrogens (tertiary/aromatic N) is 2. The number of unbranched alkanes of at least 4 members (excludes halogenated alkanes) is 3. The second-order valence-corrected chi connectivity index (χ2v) is 12.9. The minimum Gasteiger partial charge on any atom is -0.494 e. The molecule has 0 spiro atoms. The van der Waals surface area contributed by atoms with Gasteiger partial charge in [0.2, 0.25) is 0 Å². The molecule has 0 amide bonds. The van der Waals surface area contributed by atoms with Crippen LogP contribution in [-0.4, -0.2) is 42.3 Å². The molecule has 6 aromatic rings. The van der Waals surface area contributed by atoms with Crippen LogP contribution in [0.5, 0.6) is 17.2 Å². The van der Waals surface area contributed by atoms with E-state index in [2.05, 4.69) is 22.1 Å². The number of pyridine rings is 1. The highest BCUT2D eigenvalue weighted by molar-refractivity contribution is 6.06. The molecule has 0 bridgehead atoms. The highest BCUT2D eigenvalue weighted by atomic mass is 16.5. The average Bonchev–Trinajstić information content (AvgIpc) is 3.20. The zero-order valence-corrected chi connectivity index (χ0v) is 30.7. The second kappa shape index (κ2) is 18.3. The number of hydrogen-bond donors (Lipinski definition) is 1. The average molecular weight is 736 g/mol. The second-order valence-electron chi connectivity index (χ2n) is 12.9. The lowest BCUT2D eigenvalue weighted by molar-refractivity contribution is -0.137. The van der Waals surface area contributed by atoms with Gasteiger partial charge in [0.15, 0.2) is 0 Å². The van der Waals surface area contributed by atoms with E-state index >= 15 is 0 Å². The fourth-order valence-electron chi connectivity index (χ4n) is 5.87. The summed E-state index contributed by atoms with van der Waals surface area (Å²) in [5.74, 6) is 0.495. The molecule has 0 saturated carbocycles. The molecule has 1 aromatic heterocycles. The number of fused-ring (bicyclic) bond motifs is 2. The number of aromatic nitrogens is 1. The van der Waals surface area contributed by atoms with Crippen LogP contribution in [0.15, 0.2) is 127 Å². The van der Waals surface area contributed by atoms with Crippen molar-refractivity contribution in [1.29, 1.82) is 0 Å². The lowest BCUT2D eigenvalue weighted by Gasteiger charge is -2.13. The minimum atomic E-state index is -0.560. The van der Waals surface area contributed by atoms with E-state index < -0.39 is 17.9 Å². The fraction of sp³-hybridized carbons (Fsp3) is 0.178. The molecule has 1 N–H and O–H groups in total. The number of para-hydroxylation sites is 1. The van der Waals surface area contributed by atoms with Crippen LogP contribution in [0, 0.1) is 13.8 Å². The standard InChI is InChI=1S/C45H41N3O7/c1-4-43(49)53-26-10-6-5-9-25-52-36-19-14-33(15-20-36)44(50)55-41-23-17-34-28-35(45(51)54-40-22-13-30(2)27-31(40)3)16-21-37(34)38(41)29-46-48-42-24-18-32-11-7-8-12-39(32)47-42/h4,7-8,11-24,27-29H,1,5-6,9-10,25-26H2,2-3H3,(H,47,48)/b46-29+. The summed E-state index contributed by atoms with van der Waals surface area (Å²) in [6.07, 6.45) is 6.19. The van der Waals surface area contributed by atoms with Gasteiger partial charge in [0.05, 0.1) is 36.1 Å². The Morgan fingerprint density at radius 3 is 2.24 bits per heavy atom. The number of hydrazone groups is 1. The molecule has 0 aliphatic heterocycles. The van der Waals surface area contributed by atoms with Gasteiger partial charge in [-0.25, -0.2) is 19.4 Å². The van der Waals surface area contributed by atoms with Crippen LogP contribution in [0.25, 0.3) is 21.7 Å². The van der Waals surface area contributed by atoms with Crippen molar-refractivity contribution < 1.29 is 33.3 Å². The van der Waals surface area contributed by atoms with Crippen molar-refractivity contribution in [2.45, 2.75) is 39.5 Å². The summed E-state index contributed by atoms with van der Waals surface area (Å²) in [5, 5.41) is 6.88. The Balaban J connectivity index is 1.16.